The van der Waals surface area contributed by atoms with Crippen molar-refractivity contribution >= 4 is 103 Å². The monoisotopic (exact) mass is 953 g/mol. The first kappa shape index (κ1) is 51.1. The van der Waals surface area contributed by atoms with Gasteiger partial charge in [-0.1, -0.05) is 26.5 Å². The summed E-state index contributed by atoms with van der Waals surface area (Å²) < 4.78 is 13.5. The number of amides is 4. The van der Waals surface area contributed by atoms with E-state index in [1.165, 1.54) is 47.4 Å². The fraction of sp³-hybridized carbons (Fsp3) is 0.342. The van der Waals surface area contributed by atoms with Gasteiger partial charge in [-0.3, -0.25) is 64.1 Å². The van der Waals surface area contributed by atoms with E-state index in [9.17, 15) is 54.3 Å². The van der Waals surface area contributed by atoms with Gasteiger partial charge < -0.3 is 15.7 Å². The van der Waals surface area contributed by atoms with Gasteiger partial charge in [0, 0.05) is 63.0 Å². The van der Waals surface area contributed by atoms with Gasteiger partial charge in [-0.2, -0.15) is 0 Å². The Bertz CT molecular complexity index is 2840. The topological polar surface area (TPSA) is 382 Å². The highest BCUT2D eigenvalue weighted by atomic mass is 35.5. The van der Waals surface area contributed by atoms with Gasteiger partial charge >= 0.3 is 23.0 Å². The zero-order chi connectivity index (χ0) is 46.8. The van der Waals surface area contributed by atoms with Gasteiger partial charge in [-0.25, -0.2) is 13.9 Å². The Morgan fingerprint density at radius 3 is 1.49 bits per heavy atom. The van der Waals surface area contributed by atoms with Crippen LogP contribution in [0, 0.1) is 36.3 Å². The summed E-state index contributed by atoms with van der Waals surface area (Å²) >= 11 is 5.69. The standard InChI is InChI=1S/C16H17N5O7.C14H13N5O5.C6H2ClN3O3.2CH4/c22-12-7-9(8-13(23)24)16(25)20(12)6-2-1-5-17-10-3-4-11(21(26)27)15-14(10)18-28-19-15;20-11-5-6-12(21)18(11)8-2-1-7-15-9-3-4-10(19(22)23)14-13(9)16-24-17-14;7-3-1-2-4(10(11)12)6-5(3)8-13-9-6;;/h3-4,9,17H,1-2,5-8H2,(H,23,24);3-6,15H,1-2,7-8H2;1-2H;2*1H4. The second kappa shape index (κ2) is 22.9. The molecule has 2 aliphatic rings. The molecule has 0 aliphatic carbocycles. The van der Waals surface area contributed by atoms with Gasteiger partial charge in [0.25, 0.3) is 11.8 Å². The van der Waals surface area contributed by atoms with Crippen LogP contribution < -0.4 is 10.6 Å². The zero-order valence-electron chi connectivity index (χ0n) is 33.2. The number of aromatic nitrogens is 6. The van der Waals surface area contributed by atoms with Crippen LogP contribution in [0.5, 0.6) is 0 Å². The summed E-state index contributed by atoms with van der Waals surface area (Å²) in [5.74, 6) is -3.26. The molecule has 29 heteroatoms. The highest BCUT2D eigenvalue weighted by Crippen LogP contribution is 2.31. The van der Waals surface area contributed by atoms with Crippen LogP contribution >= 0.6 is 11.6 Å². The van der Waals surface area contributed by atoms with Crippen molar-refractivity contribution < 1.29 is 57.7 Å². The van der Waals surface area contributed by atoms with Gasteiger partial charge in [-0.05, 0) is 74.8 Å². The molecule has 0 saturated carbocycles. The van der Waals surface area contributed by atoms with Crippen molar-refractivity contribution in [2.45, 2.75) is 53.4 Å². The Balaban J connectivity index is 0.000000229. The number of carboxylic acid groups (broad SMARTS) is 1. The third-order valence-corrected chi connectivity index (χ3v) is 9.94. The minimum absolute atomic E-state index is 0. The fourth-order valence-electron chi connectivity index (χ4n) is 6.50. The maximum Gasteiger partial charge on any atom is 0.304 e. The van der Waals surface area contributed by atoms with Gasteiger partial charge in [-0.15, -0.1) is 0 Å². The van der Waals surface area contributed by atoms with Crippen molar-refractivity contribution in [1.29, 1.82) is 0 Å². The van der Waals surface area contributed by atoms with Crippen LogP contribution in [-0.4, -0.2) is 116 Å². The van der Waals surface area contributed by atoms with Crippen LogP contribution in [0.1, 0.15) is 53.4 Å². The third kappa shape index (κ3) is 12.0. The number of carbonyl (C=O) groups is 5. The molecule has 8 rings (SSSR count). The second-order valence-corrected chi connectivity index (χ2v) is 14.2. The van der Waals surface area contributed by atoms with Crippen LogP contribution in [0.15, 0.2) is 62.4 Å². The van der Waals surface area contributed by atoms with Crippen molar-refractivity contribution in [3.05, 3.63) is 83.9 Å². The maximum atomic E-state index is 12.1. The highest BCUT2D eigenvalue weighted by Gasteiger charge is 2.39. The van der Waals surface area contributed by atoms with Crippen molar-refractivity contribution in [2.24, 2.45) is 5.92 Å². The quantitative estimate of drug-likeness (QED) is 0.0441. The molecule has 1 saturated heterocycles. The van der Waals surface area contributed by atoms with Gasteiger partial charge in [0.05, 0.1) is 43.5 Å². The van der Waals surface area contributed by atoms with Gasteiger partial charge in [0.15, 0.2) is 16.6 Å². The number of anilines is 2. The number of nitrogens with zero attached hydrogens (tertiary/aromatic N) is 11. The number of imide groups is 2. The maximum absolute atomic E-state index is 12.1. The smallest absolute Gasteiger partial charge is 0.304 e. The molecule has 1 fully saturated rings. The number of aliphatic carboxylic acids is 1. The number of hydrogen-bond acceptors (Lipinski definition) is 22. The number of carbonyl (C=O) groups excluding carboxylic acids is 4. The lowest BCUT2D eigenvalue weighted by atomic mass is 10.0. The number of likely N-dealkylation sites (tertiary alicyclic amines) is 1. The number of carboxylic acids is 1. The molecule has 3 aromatic heterocycles. The van der Waals surface area contributed by atoms with E-state index >= 15 is 0 Å². The molecule has 1 unspecified atom stereocenters. The van der Waals surface area contributed by atoms with Crippen LogP contribution in [0.2, 0.25) is 5.02 Å². The minimum Gasteiger partial charge on any atom is -0.481 e. The predicted octanol–water partition coefficient (Wildman–Crippen LogP) is 5.48. The van der Waals surface area contributed by atoms with E-state index in [1.807, 2.05) is 0 Å². The Labute approximate surface area is 380 Å². The first-order valence-corrected chi connectivity index (χ1v) is 19.5. The first-order valence-electron chi connectivity index (χ1n) is 19.1. The number of nitrogens with one attached hydrogen (secondary N) is 2. The van der Waals surface area contributed by atoms with Crippen LogP contribution in [0.4, 0.5) is 28.4 Å². The Morgan fingerprint density at radius 1 is 0.642 bits per heavy atom. The Hall–Kier alpha value is -8.56. The normalized spacial score (nSPS) is 14.0. The molecule has 0 spiro atoms. The number of nitro benzene ring substituents is 3. The minimum atomic E-state index is -1.10. The lowest BCUT2D eigenvalue weighted by Gasteiger charge is -2.14. The van der Waals surface area contributed by atoms with E-state index in [4.69, 9.17) is 16.7 Å². The molecule has 67 heavy (non-hydrogen) atoms. The van der Waals surface area contributed by atoms with Gasteiger partial charge in [0.2, 0.25) is 28.4 Å². The van der Waals surface area contributed by atoms with Crippen LogP contribution in [-0.2, 0) is 24.0 Å². The summed E-state index contributed by atoms with van der Waals surface area (Å²) in [4.78, 5) is 90.5. The molecule has 0 bridgehead atoms. The third-order valence-electron chi connectivity index (χ3n) is 9.63. The molecule has 28 nitrogen and oxygen atoms in total. The molecular formula is C38H40ClN13O15. The molecule has 5 heterocycles. The van der Waals surface area contributed by atoms with Crippen LogP contribution in [0.3, 0.4) is 0 Å². The number of non-ortho nitro benzene ring substituents is 3. The van der Waals surface area contributed by atoms with Gasteiger partial charge in [0.1, 0.15) is 0 Å². The summed E-state index contributed by atoms with van der Waals surface area (Å²) in [5.41, 5.74) is 1.50. The number of halogens is 1. The summed E-state index contributed by atoms with van der Waals surface area (Å²) in [6.45, 7) is 1.59. The van der Waals surface area contributed by atoms with Crippen molar-refractivity contribution in [3.63, 3.8) is 0 Å². The fourth-order valence-corrected chi connectivity index (χ4v) is 6.69. The number of benzene rings is 3. The van der Waals surface area contributed by atoms with E-state index in [2.05, 4.69) is 55.5 Å². The molecule has 3 N–H and O–H groups in total. The van der Waals surface area contributed by atoms with E-state index < -0.39 is 32.6 Å². The average molecular weight is 954 g/mol. The van der Waals surface area contributed by atoms with E-state index in [0.717, 1.165) is 4.90 Å². The van der Waals surface area contributed by atoms with E-state index in [0.29, 0.717) is 62.2 Å². The largest absolute Gasteiger partial charge is 0.481 e. The Kier molecular flexibility index (Phi) is 17.4. The highest BCUT2D eigenvalue weighted by molar-refractivity contribution is 6.35. The Morgan fingerprint density at radius 2 is 1.04 bits per heavy atom. The summed E-state index contributed by atoms with van der Waals surface area (Å²) in [6, 6.07) is 8.33. The van der Waals surface area contributed by atoms with Crippen molar-refractivity contribution in [2.75, 3.05) is 36.8 Å². The molecule has 3 aromatic carbocycles. The molecule has 2 aliphatic heterocycles. The first-order chi connectivity index (χ1) is 31.2. The molecule has 1 atom stereocenters. The number of nitro groups is 3. The summed E-state index contributed by atoms with van der Waals surface area (Å²) in [7, 11) is 0. The van der Waals surface area contributed by atoms with E-state index in [-0.39, 0.29) is 102 Å². The summed E-state index contributed by atoms with van der Waals surface area (Å²) in [5, 5.41) is 68.9. The van der Waals surface area contributed by atoms with E-state index in [1.54, 1.807) is 6.07 Å². The number of rotatable bonds is 17. The zero-order valence-corrected chi connectivity index (χ0v) is 34.0. The predicted molar refractivity (Wildman–Crippen MR) is 232 cm³/mol. The molecule has 4 amide bonds. The number of fused-ring (bicyclic) bond motifs is 3. The van der Waals surface area contributed by atoms with Crippen molar-refractivity contribution in [3.8, 4) is 0 Å². The molecule has 6 aromatic rings. The lowest BCUT2D eigenvalue weighted by molar-refractivity contribution is -0.383. The second-order valence-electron chi connectivity index (χ2n) is 13.8. The molecular weight excluding hydrogens is 914 g/mol. The SMILES string of the molecule is C.C.O=C(O)CC1CC(=O)N(CCCCNc2ccc([N+](=O)[O-])c3nonc23)C1=O.O=C1C=CC(=O)N1CCCCNc1ccc([N+](=O)[O-])c2nonc12.O=[N+]([O-])c1ccc(Cl)c2nonc12. The molecule has 0 radical (unpaired) electrons. The van der Waals surface area contributed by atoms with Crippen LogP contribution in [0.25, 0.3) is 33.1 Å². The molecule has 354 valence electrons. The van der Waals surface area contributed by atoms with Crippen molar-refractivity contribution in [1.82, 2.24) is 40.7 Å². The summed E-state index contributed by atoms with van der Waals surface area (Å²) in [6.07, 6.45) is 4.56. The number of unbranched alkanes of at least 4 members (excludes halogenated alkanes) is 2. The number of hydrogen-bond donors (Lipinski definition) is 3. The average Bonchev–Trinajstić information content (AvgIpc) is 4.12. The lowest BCUT2D eigenvalue weighted by Crippen LogP contribution is -2.32.